The van der Waals surface area contributed by atoms with Gasteiger partial charge in [-0.15, -0.1) is 0 Å². The zero-order chi connectivity index (χ0) is 23.2. The number of benzene rings is 1. The van der Waals surface area contributed by atoms with Crippen LogP contribution in [-0.2, 0) is 24.3 Å². The van der Waals surface area contributed by atoms with Gasteiger partial charge in [-0.2, -0.15) is 4.31 Å². The summed E-state index contributed by atoms with van der Waals surface area (Å²) in [4.78, 5) is 36.4. The van der Waals surface area contributed by atoms with Crippen molar-refractivity contribution in [3.05, 3.63) is 23.8 Å². The number of nitrogens with zero attached hydrogens (tertiary/aromatic N) is 2. The first-order chi connectivity index (χ1) is 14.5. The second-order valence-electron chi connectivity index (χ2n) is 7.78. The van der Waals surface area contributed by atoms with E-state index in [1.807, 2.05) is 0 Å². The first-order valence-corrected chi connectivity index (χ1v) is 11.3. The molecule has 172 valence electrons. The summed E-state index contributed by atoms with van der Waals surface area (Å²) >= 11 is 0. The zero-order valence-corrected chi connectivity index (χ0v) is 18.9. The summed E-state index contributed by atoms with van der Waals surface area (Å²) in [6.07, 6.45) is -0.0316. The van der Waals surface area contributed by atoms with Gasteiger partial charge in [0.15, 0.2) is 12.9 Å². The van der Waals surface area contributed by atoms with Gasteiger partial charge in [-0.1, -0.05) is 0 Å². The Morgan fingerprint density at radius 3 is 2.32 bits per heavy atom. The third kappa shape index (κ3) is 6.66. The van der Waals surface area contributed by atoms with Gasteiger partial charge in [0.1, 0.15) is 11.4 Å². The van der Waals surface area contributed by atoms with Crippen LogP contribution in [0.5, 0.6) is 5.75 Å². The number of ether oxygens (including phenoxy) is 3. The highest BCUT2D eigenvalue weighted by Gasteiger charge is 2.32. The number of hydrogen-bond donors (Lipinski definition) is 0. The lowest BCUT2D eigenvalue weighted by Crippen LogP contribution is -2.51. The molecule has 1 heterocycles. The van der Waals surface area contributed by atoms with E-state index in [9.17, 15) is 22.8 Å². The molecule has 0 aliphatic carbocycles. The minimum Gasteiger partial charge on any atom is -0.481 e. The van der Waals surface area contributed by atoms with Crippen LogP contribution in [-0.4, -0.2) is 81.0 Å². The number of sulfonamides is 1. The average molecular weight is 457 g/mol. The fraction of sp³-hybridized carbons (Fsp3) is 0.550. The SMILES string of the molecule is CCOC(=O)COc1ccc(S(=O)(=O)N2CCN(C(=O)OC(C)(C)C)CC2)cc1C=O. The fourth-order valence-corrected chi connectivity index (χ4v) is 4.29. The molecule has 0 radical (unpaired) electrons. The molecule has 1 fully saturated rings. The highest BCUT2D eigenvalue weighted by atomic mass is 32.2. The number of hydrogen-bond acceptors (Lipinski definition) is 8. The first kappa shape index (κ1) is 24.6. The maximum absolute atomic E-state index is 13.0. The molecule has 11 heteroatoms. The Kier molecular flexibility index (Phi) is 8.02. The van der Waals surface area contributed by atoms with Gasteiger partial charge < -0.3 is 19.1 Å². The summed E-state index contributed by atoms with van der Waals surface area (Å²) in [7, 11) is -3.89. The van der Waals surface area contributed by atoms with Crippen LogP contribution in [0, 0.1) is 0 Å². The largest absolute Gasteiger partial charge is 0.481 e. The van der Waals surface area contributed by atoms with Gasteiger partial charge in [0, 0.05) is 26.2 Å². The van der Waals surface area contributed by atoms with Crippen molar-refractivity contribution in [3.8, 4) is 5.75 Å². The Bertz CT molecular complexity index is 916. The first-order valence-electron chi connectivity index (χ1n) is 9.83. The lowest BCUT2D eigenvalue weighted by molar-refractivity contribution is -0.145. The Hall–Kier alpha value is -2.66. The van der Waals surface area contributed by atoms with Crippen LogP contribution >= 0.6 is 0 Å². The molecule has 2 rings (SSSR count). The van der Waals surface area contributed by atoms with Crippen molar-refractivity contribution >= 4 is 28.4 Å². The monoisotopic (exact) mass is 456 g/mol. The van der Waals surface area contributed by atoms with E-state index < -0.39 is 34.3 Å². The number of aldehydes is 1. The van der Waals surface area contributed by atoms with Crippen molar-refractivity contribution < 1.29 is 37.0 Å². The topological polar surface area (TPSA) is 120 Å². The lowest BCUT2D eigenvalue weighted by atomic mass is 10.2. The van der Waals surface area contributed by atoms with Gasteiger partial charge in [0.25, 0.3) is 0 Å². The Balaban J connectivity index is 2.08. The highest BCUT2D eigenvalue weighted by Crippen LogP contribution is 2.25. The summed E-state index contributed by atoms with van der Waals surface area (Å²) in [6, 6.07) is 3.83. The molecule has 0 unspecified atom stereocenters. The third-order valence-corrected chi connectivity index (χ3v) is 6.18. The zero-order valence-electron chi connectivity index (χ0n) is 18.1. The lowest BCUT2D eigenvalue weighted by Gasteiger charge is -2.35. The normalized spacial score (nSPS) is 15.3. The van der Waals surface area contributed by atoms with Gasteiger partial charge in [0.05, 0.1) is 17.1 Å². The van der Waals surface area contributed by atoms with Gasteiger partial charge in [-0.05, 0) is 45.9 Å². The number of esters is 1. The molecule has 1 amide bonds. The summed E-state index contributed by atoms with van der Waals surface area (Å²) in [5.74, 6) is -0.518. The molecule has 1 aliphatic rings. The van der Waals surface area contributed by atoms with Crippen LogP contribution in [0.3, 0.4) is 0 Å². The molecule has 31 heavy (non-hydrogen) atoms. The molecule has 0 spiro atoms. The van der Waals surface area contributed by atoms with E-state index in [0.717, 1.165) is 0 Å². The van der Waals surface area contributed by atoms with Crippen molar-refractivity contribution in [3.63, 3.8) is 0 Å². The molecule has 1 aliphatic heterocycles. The van der Waals surface area contributed by atoms with E-state index >= 15 is 0 Å². The van der Waals surface area contributed by atoms with Gasteiger partial charge in [-0.3, -0.25) is 4.79 Å². The standard InChI is InChI=1S/C20H28N2O8S/c1-5-28-18(24)14-29-17-7-6-16(12-15(17)13-23)31(26,27)22-10-8-21(9-11-22)19(25)30-20(2,3)4/h6-7,12-13H,5,8-11,14H2,1-4H3. The molecule has 0 atom stereocenters. The molecule has 1 aromatic rings. The molecule has 1 saturated heterocycles. The molecule has 0 N–H and O–H groups in total. The summed E-state index contributed by atoms with van der Waals surface area (Å²) < 4.78 is 42.5. The van der Waals surface area contributed by atoms with Crippen LogP contribution in [0.25, 0.3) is 0 Å². The average Bonchev–Trinajstić information content (AvgIpc) is 2.71. The summed E-state index contributed by atoms with van der Waals surface area (Å²) in [5.41, 5.74) is -0.638. The molecule has 10 nitrogen and oxygen atoms in total. The van der Waals surface area contributed by atoms with Gasteiger partial charge in [0.2, 0.25) is 10.0 Å². The number of piperazine rings is 1. The maximum atomic E-state index is 13.0. The highest BCUT2D eigenvalue weighted by molar-refractivity contribution is 7.89. The van der Waals surface area contributed by atoms with E-state index in [2.05, 4.69) is 0 Å². The third-order valence-electron chi connectivity index (χ3n) is 4.29. The van der Waals surface area contributed by atoms with Gasteiger partial charge in [-0.25, -0.2) is 18.0 Å². The predicted molar refractivity (Wildman–Crippen MR) is 111 cm³/mol. The Morgan fingerprint density at radius 2 is 1.77 bits per heavy atom. The number of carbonyl (C=O) groups is 3. The van der Waals surface area contributed by atoms with Crippen LogP contribution in [0.15, 0.2) is 23.1 Å². The number of rotatable bonds is 7. The van der Waals surface area contributed by atoms with E-state index in [0.29, 0.717) is 6.29 Å². The molecule has 0 bridgehead atoms. The molecular formula is C20H28N2O8S. The second kappa shape index (κ2) is 10.1. The Labute approximate surface area is 182 Å². The molecule has 0 aromatic heterocycles. The van der Waals surface area contributed by atoms with Crippen LogP contribution in [0.1, 0.15) is 38.1 Å². The minimum absolute atomic E-state index is 0.00207. The van der Waals surface area contributed by atoms with Crippen molar-refractivity contribution in [2.45, 2.75) is 38.2 Å². The molecule has 0 saturated carbocycles. The number of amides is 1. The van der Waals surface area contributed by atoms with Crippen molar-refractivity contribution in [2.75, 3.05) is 39.4 Å². The molecule has 1 aromatic carbocycles. The maximum Gasteiger partial charge on any atom is 0.410 e. The second-order valence-corrected chi connectivity index (χ2v) is 9.72. The Morgan fingerprint density at radius 1 is 1.13 bits per heavy atom. The number of carbonyl (C=O) groups excluding carboxylic acids is 3. The van der Waals surface area contributed by atoms with E-state index in [-0.39, 0.29) is 49.0 Å². The van der Waals surface area contributed by atoms with Crippen molar-refractivity contribution in [2.24, 2.45) is 0 Å². The van der Waals surface area contributed by atoms with Crippen LogP contribution in [0.4, 0.5) is 4.79 Å². The van der Waals surface area contributed by atoms with Crippen molar-refractivity contribution in [1.82, 2.24) is 9.21 Å². The van der Waals surface area contributed by atoms with E-state index in [4.69, 9.17) is 14.2 Å². The van der Waals surface area contributed by atoms with E-state index in [1.165, 1.54) is 27.4 Å². The summed E-state index contributed by atoms with van der Waals surface area (Å²) in [6.45, 7) is 7.31. The smallest absolute Gasteiger partial charge is 0.410 e. The molecular weight excluding hydrogens is 428 g/mol. The van der Waals surface area contributed by atoms with Gasteiger partial charge >= 0.3 is 12.1 Å². The summed E-state index contributed by atoms with van der Waals surface area (Å²) in [5, 5.41) is 0. The van der Waals surface area contributed by atoms with Crippen LogP contribution < -0.4 is 4.74 Å². The fourth-order valence-electron chi connectivity index (χ4n) is 2.84. The van der Waals surface area contributed by atoms with Crippen LogP contribution in [0.2, 0.25) is 0 Å². The van der Waals surface area contributed by atoms with Crippen molar-refractivity contribution in [1.29, 1.82) is 0 Å². The van der Waals surface area contributed by atoms with E-state index in [1.54, 1.807) is 27.7 Å². The quantitative estimate of drug-likeness (QED) is 0.449. The minimum atomic E-state index is -3.89. The predicted octanol–water partition coefficient (Wildman–Crippen LogP) is 1.68.